The number of aromatic nitrogens is 2. The van der Waals surface area contributed by atoms with Crippen LogP contribution in [0.2, 0.25) is 5.02 Å². The van der Waals surface area contributed by atoms with Gasteiger partial charge in [0, 0.05) is 36.0 Å². The molecule has 1 atom stereocenters. The van der Waals surface area contributed by atoms with Crippen LogP contribution in [0, 0.1) is 16.6 Å². The van der Waals surface area contributed by atoms with Gasteiger partial charge >= 0.3 is 0 Å². The predicted molar refractivity (Wildman–Crippen MR) is 90.1 cm³/mol. The number of nitroso groups, excluding NO2 is 1. The van der Waals surface area contributed by atoms with E-state index in [9.17, 15) is 9.30 Å². The Bertz CT molecular complexity index is 736. The Morgan fingerprint density at radius 2 is 2.25 bits per heavy atom. The minimum atomic E-state index is -0.454. The molecule has 0 aromatic carbocycles. The number of nitrogens with one attached hydrogen (secondary N) is 2. The van der Waals surface area contributed by atoms with Crippen molar-refractivity contribution in [3.63, 3.8) is 0 Å². The molecule has 3 heterocycles. The number of rotatable bonds is 5. The summed E-state index contributed by atoms with van der Waals surface area (Å²) in [5, 5.41) is 3.64. The Balaban J connectivity index is 1.72. The second kappa shape index (κ2) is 7.63. The van der Waals surface area contributed by atoms with Crippen LogP contribution >= 0.6 is 11.6 Å². The van der Waals surface area contributed by atoms with Crippen molar-refractivity contribution in [2.24, 2.45) is 5.92 Å². The summed E-state index contributed by atoms with van der Waals surface area (Å²) in [5.41, 5.74) is 3.80. The van der Waals surface area contributed by atoms with Crippen LogP contribution in [0.4, 0.5) is 10.2 Å². The van der Waals surface area contributed by atoms with Crippen molar-refractivity contribution in [1.82, 2.24) is 15.3 Å². The van der Waals surface area contributed by atoms with Crippen molar-refractivity contribution in [1.29, 1.82) is 0 Å². The summed E-state index contributed by atoms with van der Waals surface area (Å²) in [5.74, 6) is 0.213. The molecule has 3 rings (SSSR count). The third kappa shape index (κ3) is 4.24. The first-order chi connectivity index (χ1) is 11.6. The fourth-order valence-corrected chi connectivity index (χ4v) is 2.98. The summed E-state index contributed by atoms with van der Waals surface area (Å²) >= 11 is 6.13. The van der Waals surface area contributed by atoms with E-state index >= 15 is 0 Å². The van der Waals surface area contributed by atoms with Gasteiger partial charge in [0.2, 0.25) is 6.54 Å². The van der Waals surface area contributed by atoms with E-state index < -0.39 is 5.82 Å². The lowest BCUT2D eigenvalue weighted by Crippen LogP contribution is -2.35. The Morgan fingerprint density at radius 3 is 3.00 bits per heavy atom. The highest BCUT2D eigenvalue weighted by atomic mass is 35.5. The normalized spacial score (nSPS) is 17.5. The van der Waals surface area contributed by atoms with Gasteiger partial charge in [0.15, 0.2) is 5.82 Å². The quantitative estimate of drug-likeness (QED) is 0.640. The van der Waals surface area contributed by atoms with Crippen molar-refractivity contribution in [2.45, 2.75) is 12.8 Å². The number of piperidine rings is 1. The van der Waals surface area contributed by atoms with E-state index in [0.29, 0.717) is 34.4 Å². The molecule has 126 valence electrons. The molecule has 0 saturated carbocycles. The van der Waals surface area contributed by atoms with E-state index in [-0.39, 0.29) is 0 Å². The molecule has 1 aliphatic heterocycles. The first-order valence-corrected chi connectivity index (χ1v) is 8.18. The molecule has 0 bridgehead atoms. The van der Waals surface area contributed by atoms with Gasteiger partial charge in [-0.25, -0.2) is 9.37 Å². The van der Waals surface area contributed by atoms with Gasteiger partial charge < -0.3 is 5.32 Å². The third-order valence-electron chi connectivity index (χ3n) is 3.93. The second-order valence-electron chi connectivity index (χ2n) is 5.83. The summed E-state index contributed by atoms with van der Waals surface area (Å²) in [6, 6.07) is 2.95. The Morgan fingerprint density at radius 1 is 1.38 bits per heavy atom. The molecule has 1 unspecified atom stereocenters. The molecule has 0 spiro atoms. The maximum Gasteiger partial charge on any atom is 0.229 e. The minimum absolute atomic E-state index is 0.308. The van der Waals surface area contributed by atoms with Crippen molar-refractivity contribution in [3.8, 4) is 11.1 Å². The lowest BCUT2D eigenvalue weighted by molar-refractivity contribution is -0.525. The van der Waals surface area contributed by atoms with Gasteiger partial charge in [-0.1, -0.05) is 11.6 Å². The lowest BCUT2D eigenvalue weighted by Gasteiger charge is -2.18. The number of anilines is 1. The van der Waals surface area contributed by atoms with Crippen LogP contribution in [0.5, 0.6) is 0 Å². The highest BCUT2D eigenvalue weighted by Gasteiger charge is 2.22. The van der Waals surface area contributed by atoms with Crippen LogP contribution in [0.3, 0.4) is 0 Å². The van der Waals surface area contributed by atoms with Gasteiger partial charge in [0.25, 0.3) is 0 Å². The largest absolute Gasteiger partial charge is 0.316 e. The van der Waals surface area contributed by atoms with Gasteiger partial charge in [-0.15, -0.1) is 5.43 Å². The molecule has 24 heavy (non-hydrogen) atoms. The van der Waals surface area contributed by atoms with Gasteiger partial charge in [0.05, 0.1) is 16.1 Å². The van der Waals surface area contributed by atoms with Crippen LogP contribution in [0.1, 0.15) is 12.8 Å². The number of pyridine rings is 2. The van der Waals surface area contributed by atoms with Gasteiger partial charge in [-0.05, 0) is 31.5 Å². The monoisotopic (exact) mass is 350 g/mol. The Hall–Kier alpha value is -2.12. The Labute approximate surface area is 144 Å². The molecule has 6 nitrogen and oxygen atoms in total. The highest BCUT2D eigenvalue weighted by Crippen LogP contribution is 2.29. The van der Waals surface area contributed by atoms with E-state index in [4.69, 9.17) is 11.6 Å². The summed E-state index contributed by atoms with van der Waals surface area (Å²) < 4.78 is 13.4. The molecule has 1 fully saturated rings. The topological polar surface area (TPSA) is 69.9 Å². The van der Waals surface area contributed by atoms with Crippen molar-refractivity contribution in [3.05, 3.63) is 46.5 Å². The van der Waals surface area contributed by atoms with E-state index in [2.05, 4.69) is 20.7 Å². The van der Waals surface area contributed by atoms with E-state index in [1.165, 1.54) is 18.5 Å². The number of nitrogens with zero attached hydrogens (tertiary/aromatic N) is 3. The number of hydrogen-bond acceptors (Lipinski definition) is 4. The average molecular weight is 351 g/mol. The summed E-state index contributed by atoms with van der Waals surface area (Å²) in [6.07, 6.45) is 6.17. The van der Waals surface area contributed by atoms with Crippen LogP contribution in [0.25, 0.3) is 11.1 Å². The maximum atomic E-state index is 13.4. The summed E-state index contributed by atoms with van der Waals surface area (Å²) in [7, 11) is 0. The number of halogens is 2. The first-order valence-electron chi connectivity index (χ1n) is 7.80. The van der Waals surface area contributed by atoms with Crippen molar-refractivity contribution < 1.29 is 9.26 Å². The molecular formula is C16H18ClFN5O+. The molecular weight excluding hydrogens is 333 g/mol. The smallest absolute Gasteiger partial charge is 0.229 e. The molecule has 1 aliphatic rings. The summed E-state index contributed by atoms with van der Waals surface area (Å²) in [4.78, 5) is 20.8. The number of hydrogen-bond donors (Lipinski definition) is 2. The van der Waals surface area contributed by atoms with E-state index in [0.717, 1.165) is 37.0 Å². The molecule has 1 saturated heterocycles. The zero-order valence-electron chi connectivity index (χ0n) is 13.0. The SMILES string of the molecule is O=[N+](CC1CCCNC1)Nc1cc(-c2cncc(F)c2)c(Cl)cn1. The van der Waals surface area contributed by atoms with Crippen LogP contribution in [-0.2, 0) is 0 Å². The highest BCUT2D eigenvalue weighted by molar-refractivity contribution is 6.33. The Kier molecular flexibility index (Phi) is 5.32. The summed E-state index contributed by atoms with van der Waals surface area (Å²) in [6.45, 7) is 2.22. The van der Waals surface area contributed by atoms with Crippen molar-refractivity contribution >= 4 is 17.4 Å². The average Bonchev–Trinajstić information content (AvgIpc) is 2.57. The zero-order chi connectivity index (χ0) is 16.9. The van der Waals surface area contributed by atoms with Crippen molar-refractivity contribution in [2.75, 3.05) is 25.1 Å². The molecule has 0 radical (unpaired) electrons. The molecule has 0 amide bonds. The van der Waals surface area contributed by atoms with E-state index in [1.807, 2.05) is 0 Å². The number of hydrazine groups is 1. The van der Waals surface area contributed by atoms with E-state index in [1.54, 1.807) is 6.07 Å². The third-order valence-corrected chi connectivity index (χ3v) is 4.23. The van der Waals surface area contributed by atoms with Crippen LogP contribution < -0.4 is 10.7 Å². The van der Waals surface area contributed by atoms with Crippen LogP contribution in [-0.4, -0.2) is 34.5 Å². The lowest BCUT2D eigenvalue weighted by atomic mass is 10.0. The maximum absolute atomic E-state index is 13.4. The molecule has 2 N–H and O–H groups in total. The minimum Gasteiger partial charge on any atom is -0.316 e. The fraction of sp³-hybridized carbons (Fsp3) is 0.375. The van der Waals surface area contributed by atoms with Gasteiger partial charge in [-0.2, -0.15) is 0 Å². The zero-order valence-corrected chi connectivity index (χ0v) is 13.8. The second-order valence-corrected chi connectivity index (χ2v) is 6.23. The van der Waals surface area contributed by atoms with Gasteiger partial charge in [-0.3, -0.25) is 4.98 Å². The molecule has 8 heteroatoms. The van der Waals surface area contributed by atoms with Crippen LogP contribution in [0.15, 0.2) is 30.7 Å². The van der Waals surface area contributed by atoms with Gasteiger partial charge in [0.1, 0.15) is 10.7 Å². The fourth-order valence-electron chi connectivity index (χ4n) is 2.77. The predicted octanol–water partition coefficient (Wildman–Crippen LogP) is 3.04. The molecule has 0 aliphatic carbocycles. The molecule has 2 aromatic rings. The first kappa shape index (κ1) is 16.7. The molecule has 2 aromatic heterocycles. The standard InChI is InChI=1S/C16H18ClFN5O/c17-15-9-21-16(5-14(15)12-4-13(18)8-20-7-12)22-23(24)10-11-2-1-3-19-6-11/h4-5,7-9,11,19H,1-3,6,10H2,(H,21,22,24)/q+1.